The summed E-state index contributed by atoms with van der Waals surface area (Å²) in [4.78, 5) is 17.1. The molecule has 0 bridgehead atoms. The normalized spacial score (nSPS) is 12.0. The first-order chi connectivity index (χ1) is 14.5. The van der Waals surface area contributed by atoms with E-state index in [0.29, 0.717) is 0 Å². The zero-order valence-electron chi connectivity index (χ0n) is 17.4. The topological polar surface area (TPSA) is 105 Å². The van der Waals surface area contributed by atoms with Crippen LogP contribution in [-0.2, 0) is 16.4 Å². The van der Waals surface area contributed by atoms with E-state index >= 15 is 0 Å². The van der Waals surface area contributed by atoms with Crippen LogP contribution >= 0.6 is 11.6 Å². The second-order valence-electron chi connectivity index (χ2n) is 8.21. The van der Waals surface area contributed by atoms with Crippen LogP contribution in [0, 0.1) is 5.41 Å². The summed E-state index contributed by atoms with van der Waals surface area (Å²) in [7, 11) is -3.96. The van der Waals surface area contributed by atoms with Crippen LogP contribution in [0.15, 0.2) is 64.6 Å². The first kappa shape index (κ1) is 22.8. The molecule has 31 heavy (non-hydrogen) atoms. The van der Waals surface area contributed by atoms with Crippen LogP contribution in [0.25, 0.3) is 5.69 Å². The first-order valence-electron chi connectivity index (χ1n) is 9.47. The molecule has 0 fully saturated rings. The Labute approximate surface area is 186 Å². The third kappa shape index (κ3) is 5.23. The van der Waals surface area contributed by atoms with Gasteiger partial charge in [-0.05, 0) is 29.7 Å². The van der Waals surface area contributed by atoms with Gasteiger partial charge in [-0.2, -0.15) is 5.10 Å². The van der Waals surface area contributed by atoms with Gasteiger partial charge in [0.25, 0.3) is 0 Å². The average molecular weight is 463 g/mol. The van der Waals surface area contributed by atoms with Crippen LogP contribution in [0.1, 0.15) is 26.5 Å². The molecule has 10 heteroatoms. The summed E-state index contributed by atoms with van der Waals surface area (Å²) in [6.07, 6.45) is 0.369. The lowest BCUT2D eigenvalue weighted by molar-refractivity contribution is 0.122. The lowest BCUT2D eigenvalue weighted by atomic mass is 9.96. The van der Waals surface area contributed by atoms with Crippen molar-refractivity contribution in [2.24, 2.45) is 5.41 Å². The molecule has 0 radical (unpaired) electrons. The van der Waals surface area contributed by atoms with E-state index in [1.807, 2.05) is 20.8 Å². The number of benzene rings is 1. The molecule has 2 heterocycles. The highest BCUT2D eigenvalue weighted by molar-refractivity contribution is 7.91. The minimum Gasteiger partial charge on any atom is -0.465 e. The maximum atomic E-state index is 13.3. The summed E-state index contributed by atoms with van der Waals surface area (Å²) in [5, 5.41) is 14.0. The molecule has 0 aliphatic carbocycles. The zero-order valence-corrected chi connectivity index (χ0v) is 18.9. The van der Waals surface area contributed by atoms with Crippen LogP contribution in [0.4, 0.5) is 4.79 Å². The summed E-state index contributed by atoms with van der Waals surface area (Å²) in [6, 6.07) is 12.5. The average Bonchev–Trinajstić information content (AvgIpc) is 3.12. The lowest BCUT2D eigenvalue weighted by Crippen LogP contribution is -2.36. The molecular weight excluding hydrogens is 440 g/mol. The SMILES string of the molecule is CC(C)(C)CN(Cc1cc(S(=O)(=O)c2ccccc2)n(-c2cccnc2Cl)n1)C(=O)O. The van der Waals surface area contributed by atoms with Crippen molar-refractivity contribution in [2.45, 2.75) is 37.2 Å². The summed E-state index contributed by atoms with van der Waals surface area (Å²) < 4.78 is 27.9. The Kier molecular flexibility index (Phi) is 6.38. The van der Waals surface area contributed by atoms with Crippen molar-refractivity contribution in [2.75, 3.05) is 6.54 Å². The van der Waals surface area contributed by atoms with E-state index in [4.69, 9.17) is 11.6 Å². The highest BCUT2D eigenvalue weighted by Crippen LogP contribution is 2.27. The van der Waals surface area contributed by atoms with Gasteiger partial charge in [0.2, 0.25) is 9.84 Å². The van der Waals surface area contributed by atoms with E-state index in [2.05, 4.69) is 10.1 Å². The number of hydrogen-bond acceptors (Lipinski definition) is 5. The minimum atomic E-state index is -3.96. The highest BCUT2D eigenvalue weighted by atomic mass is 35.5. The van der Waals surface area contributed by atoms with Crippen LogP contribution in [0.2, 0.25) is 5.15 Å². The fraction of sp³-hybridized carbons (Fsp3) is 0.286. The molecule has 3 aromatic rings. The van der Waals surface area contributed by atoms with Gasteiger partial charge in [0, 0.05) is 18.8 Å². The summed E-state index contributed by atoms with van der Waals surface area (Å²) in [6.45, 7) is 5.94. The number of sulfone groups is 1. The fourth-order valence-corrected chi connectivity index (χ4v) is 4.68. The van der Waals surface area contributed by atoms with E-state index in [9.17, 15) is 18.3 Å². The van der Waals surface area contributed by atoms with E-state index in [-0.39, 0.29) is 45.0 Å². The molecule has 8 nitrogen and oxygen atoms in total. The molecule has 3 rings (SSSR count). The first-order valence-corrected chi connectivity index (χ1v) is 11.3. The van der Waals surface area contributed by atoms with Gasteiger partial charge >= 0.3 is 6.09 Å². The highest BCUT2D eigenvalue weighted by Gasteiger charge is 2.28. The molecular formula is C21H23ClN4O4S. The van der Waals surface area contributed by atoms with Crippen molar-refractivity contribution >= 4 is 27.5 Å². The van der Waals surface area contributed by atoms with E-state index in [1.54, 1.807) is 30.3 Å². The van der Waals surface area contributed by atoms with Crippen molar-refractivity contribution in [3.05, 3.63) is 65.6 Å². The number of nitrogens with zero attached hydrogens (tertiary/aromatic N) is 4. The van der Waals surface area contributed by atoms with Crippen molar-refractivity contribution in [3.63, 3.8) is 0 Å². The number of aromatic nitrogens is 3. The molecule has 1 aromatic carbocycles. The smallest absolute Gasteiger partial charge is 0.407 e. The Morgan fingerprint density at radius 2 is 1.84 bits per heavy atom. The molecule has 0 spiro atoms. The molecule has 0 aliphatic heterocycles. The molecule has 0 aliphatic rings. The largest absolute Gasteiger partial charge is 0.465 e. The van der Waals surface area contributed by atoms with Crippen molar-refractivity contribution in [3.8, 4) is 5.69 Å². The molecule has 1 amide bonds. The number of rotatable bonds is 6. The van der Waals surface area contributed by atoms with Gasteiger partial charge in [0.05, 0.1) is 17.1 Å². The van der Waals surface area contributed by atoms with Crippen LogP contribution in [-0.4, -0.2) is 45.8 Å². The number of carboxylic acid groups (broad SMARTS) is 1. The number of pyridine rings is 1. The predicted molar refractivity (Wildman–Crippen MR) is 116 cm³/mol. The number of amides is 1. The van der Waals surface area contributed by atoms with Crippen molar-refractivity contribution in [1.29, 1.82) is 0 Å². The van der Waals surface area contributed by atoms with Gasteiger partial charge in [-0.15, -0.1) is 0 Å². The van der Waals surface area contributed by atoms with Gasteiger partial charge < -0.3 is 10.0 Å². The van der Waals surface area contributed by atoms with Gasteiger partial charge in [-0.25, -0.2) is 22.9 Å². The number of carbonyl (C=O) groups is 1. The molecule has 1 N–H and O–H groups in total. The number of halogens is 1. The minimum absolute atomic E-state index is 0.0746. The maximum Gasteiger partial charge on any atom is 0.407 e. The molecule has 164 valence electrons. The number of hydrogen-bond donors (Lipinski definition) is 1. The van der Waals surface area contributed by atoms with Crippen molar-refractivity contribution in [1.82, 2.24) is 19.7 Å². The van der Waals surface area contributed by atoms with Gasteiger partial charge in [-0.3, -0.25) is 0 Å². The monoisotopic (exact) mass is 462 g/mol. The predicted octanol–water partition coefficient (Wildman–Crippen LogP) is 4.28. The van der Waals surface area contributed by atoms with E-state index in [1.165, 1.54) is 34.0 Å². The Balaban J connectivity index is 2.13. The standard InChI is InChI=1S/C21H23ClN4O4S/c1-21(2,3)14-25(20(27)28)13-15-12-18(31(29,30)16-8-5-4-6-9-16)26(24-15)17-10-7-11-23-19(17)22/h4-12H,13-14H2,1-3H3,(H,27,28). The molecule has 0 unspecified atom stereocenters. The third-order valence-electron chi connectivity index (χ3n) is 4.31. The van der Waals surface area contributed by atoms with E-state index in [0.717, 1.165) is 0 Å². The Hall–Kier alpha value is -2.91. The Bertz CT molecular complexity index is 1190. The summed E-state index contributed by atoms with van der Waals surface area (Å²) in [5.41, 5.74) is 0.274. The van der Waals surface area contributed by atoms with Gasteiger partial charge in [0.15, 0.2) is 10.2 Å². The zero-order chi connectivity index (χ0) is 22.8. The summed E-state index contributed by atoms with van der Waals surface area (Å²) >= 11 is 6.21. The molecule has 0 saturated carbocycles. The van der Waals surface area contributed by atoms with Crippen LogP contribution in [0.3, 0.4) is 0 Å². The maximum absolute atomic E-state index is 13.3. The Morgan fingerprint density at radius 3 is 2.42 bits per heavy atom. The molecule has 0 saturated heterocycles. The Morgan fingerprint density at radius 1 is 1.16 bits per heavy atom. The van der Waals surface area contributed by atoms with E-state index < -0.39 is 15.9 Å². The summed E-state index contributed by atoms with van der Waals surface area (Å²) in [5.74, 6) is 0. The second-order valence-corrected chi connectivity index (χ2v) is 10.5. The fourth-order valence-electron chi connectivity index (χ4n) is 3.07. The third-order valence-corrected chi connectivity index (χ3v) is 6.34. The van der Waals surface area contributed by atoms with Crippen molar-refractivity contribution < 1.29 is 18.3 Å². The lowest BCUT2D eigenvalue weighted by Gasteiger charge is -2.27. The molecule has 0 atom stereocenters. The molecule has 2 aromatic heterocycles. The van der Waals surface area contributed by atoms with Gasteiger partial charge in [0.1, 0.15) is 5.69 Å². The second kappa shape index (κ2) is 8.68. The quantitative estimate of drug-likeness (QED) is 0.548. The van der Waals surface area contributed by atoms with Crippen LogP contribution < -0.4 is 0 Å². The van der Waals surface area contributed by atoms with Gasteiger partial charge in [-0.1, -0.05) is 50.6 Å². The van der Waals surface area contributed by atoms with Crippen LogP contribution in [0.5, 0.6) is 0 Å².